The Balaban J connectivity index is 1.66. The van der Waals surface area contributed by atoms with Crippen molar-refractivity contribution in [1.82, 2.24) is 5.32 Å². The Morgan fingerprint density at radius 2 is 1.76 bits per heavy atom. The van der Waals surface area contributed by atoms with Crippen LogP contribution in [-0.2, 0) is 9.59 Å². The van der Waals surface area contributed by atoms with Gasteiger partial charge in [-0.2, -0.15) is 0 Å². The molecule has 33 heavy (non-hydrogen) atoms. The molecule has 2 N–H and O–H groups in total. The molecule has 0 fully saturated rings. The average Bonchev–Trinajstić information content (AvgIpc) is 2.81. The van der Waals surface area contributed by atoms with Crippen LogP contribution in [0.5, 0.6) is 5.75 Å². The van der Waals surface area contributed by atoms with Gasteiger partial charge in [-0.25, -0.2) is 4.39 Å². The summed E-state index contributed by atoms with van der Waals surface area (Å²) >= 11 is 0. The zero-order chi connectivity index (χ0) is 23.6. The lowest BCUT2D eigenvalue weighted by Crippen LogP contribution is -3.12. The number of hydrogen-bond acceptors (Lipinski definition) is 3. The summed E-state index contributed by atoms with van der Waals surface area (Å²) in [6.07, 6.45) is 4.54. The van der Waals surface area contributed by atoms with E-state index in [-0.39, 0.29) is 23.8 Å². The number of nitrogens with zero attached hydrogens (tertiary/aromatic N) is 1. The Hall–Kier alpha value is -3.19. The van der Waals surface area contributed by atoms with E-state index < -0.39 is 11.7 Å². The van der Waals surface area contributed by atoms with Crippen molar-refractivity contribution < 1.29 is 23.6 Å². The maximum Gasteiger partial charge on any atom is 0.294 e. The Morgan fingerprint density at radius 1 is 1.06 bits per heavy atom. The van der Waals surface area contributed by atoms with Crippen LogP contribution >= 0.6 is 0 Å². The summed E-state index contributed by atoms with van der Waals surface area (Å²) in [6, 6.07) is 13.2. The van der Waals surface area contributed by atoms with Crippen molar-refractivity contribution in [3.8, 4) is 5.75 Å². The minimum Gasteiger partial charge on any atom is -0.449 e. The van der Waals surface area contributed by atoms with Crippen LogP contribution in [0.3, 0.4) is 0 Å². The van der Waals surface area contributed by atoms with Gasteiger partial charge in [0.1, 0.15) is 12.4 Å². The number of quaternary nitrogens is 1. The first-order chi connectivity index (χ1) is 16.0. The van der Waals surface area contributed by atoms with Gasteiger partial charge in [0.05, 0.1) is 25.3 Å². The first-order valence-corrected chi connectivity index (χ1v) is 11.7. The maximum atomic E-state index is 14.1. The van der Waals surface area contributed by atoms with Crippen molar-refractivity contribution in [1.29, 1.82) is 0 Å². The normalized spacial score (nSPS) is 14.4. The van der Waals surface area contributed by atoms with Gasteiger partial charge < -0.3 is 15.0 Å². The van der Waals surface area contributed by atoms with E-state index in [9.17, 15) is 14.0 Å². The maximum absolute atomic E-state index is 14.1. The molecule has 2 aromatic carbocycles. The van der Waals surface area contributed by atoms with E-state index in [1.807, 2.05) is 0 Å². The number of fused-ring (bicyclic) bond motifs is 1. The third-order valence-electron chi connectivity index (χ3n) is 5.56. The van der Waals surface area contributed by atoms with E-state index in [2.05, 4.69) is 19.2 Å². The molecule has 2 aromatic rings. The monoisotopic (exact) mass is 454 g/mol. The quantitative estimate of drug-likeness (QED) is 0.406. The standard InChI is InChI=1S/C26H32FN3O3/c1-3-15-29(16-4-2)17-9-14-28-25(31)19-30-22-12-7-8-13-23(22)33-24(26(30)32)18-20-10-5-6-11-21(20)27/h5-8,10-13,18H,3-4,9,14-17,19H2,1-2H3,(H,28,31)/p+1. The number of carbonyl (C=O) groups excluding carboxylic acids is 2. The highest BCUT2D eigenvalue weighted by Crippen LogP contribution is 2.35. The second-order valence-electron chi connectivity index (χ2n) is 8.19. The summed E-state index contributed by atoms with van der Waals surface area (Å²) in [4.78, 5) is 28.7. The van der Waals surface area contributed by atoms with Crippen LogP contribution in [-0.4, -0.2) is 44.5 Å². The van der Waals surface area contributed by atoms with Crippen LogP contribution in [0.2, 0.25) is 0 Å². The molecule has 0 unspecified atom stereocenters. The topological polar surface area (TPSA) is 63.1 Å². The zero-order valence-electron chi connectivity index (χ0n) is 19.4. The fourth-order valence-electron chi connectivity index (χ4n) is 4.00. The smallest absolute Gasteiger partial charge is 0.294 e. The molecule has 0 aliphatic carbocycles. The number of benzene rings is 2. The molecule has 7 heteroatoms. The summed E-state index contributed by atoms with van der Waals surface area (Å²) in [6.45, 7) is 8.09. The number of para-hydroxylation sites is 2. The van der Waals surface area contributed by atoms with Crippen molar-refractivity contribution in [3.05, 3.63) is 65.7 Å². The van der Waals surface area contributed by atoms with E-state index in [0.717, 1.165) is 38.9 Å². The van der Waals surface area contributed by atoms with Gasteiger partial charge in [0.15, 0.2) is 11.5 Å². The summed E-state index contributed by atoms with van der Waals surface area (Å²) in [5, 5.41) is 2.93. The molecule has 0 aromatic heterocycles. The lowest BCUT2D eigenvalue weighted by Gasteiger charge is -2.30. The Labute approximate surface area is 195 Å². The SMILES string of the molecule is CCC[NH+](CCC)CCCNC(=O)CN1C(=O)C(=Cc2ccccc2F)Oc2ccccc21. The van der Waals surface area contributed by atoms with E-state index in [1.54, 1.807) is 47.4 Å². The number of hydrogen-bond donors (Lipinski definition) is 2. The Kier molecular flexibility index (Phi) is 9.01. The fourth-order valence-corrected chi connectivity index (χ4v) is 4.00. The van der Waals surface area contributed by atoms with E-state index in [1.165, 1.54) is 17.0 Å². The Bertz CT molecular complexity index is 986. The van der Waals surface area contributed by atoms with Crippen LogP contribution in [0.15, 0.2) is 54.3 Å². The molecule has 1 aliphatic rings. The molecule has 2 amide bonds. The molecule has 0 atom stereocenters. The number of anilines is 1. The summed E-state index contributed by atoms with van der Waals surface area (Å²) in [5.74, 6) is -0.742. The zero-order valence-corrected chi connectivity index (χ0v) is 19.4. The van der Waals surface area contributed by atoms with Crippen LogP contribution in [0, 0.1) is 5.82 Å². The third-order valence-corrected chi connectivity index (χ3v) is 5.56. The molecule has 6 nitrogen and oxygen atoms in total. The summed E-state index contributed by atoms with van der Waals surface area (Å²) in [5.41, 5.74) is 0.765. The van der Waals surface area contributed by atoms with Crippen LogP contribution < -0.4 is 19.9 Å². The first-order valence-electron chi connectivity index (χ1n) is 11.7. The number of amides is 2. The second-order valence-corrected chi connectivity index (χ2v) is 8.19. The average molecular weight is 455 g/mol. The van der Waals surface area contributed by atoms with Gasteiger partial charge in [0.2, 0.25) is 5.91 Å². The van der Waals surface area contributed by atoms with Crippen molar-refractivity contribution >= 4 is 23.6 Å². The van der Waals surface area contributed by atoms with E-state index >= 15 is 0 Å². The molecule has 0 bridgehead atoms. The third kappa shape index (κ3) is 6.65. The van der Waals surface area contributed by atoms with Crippen molar-refractivity contribution in [3.63, 3.8) is 0 Å². The molecule has 1 aliphatic heterocycles. The summed E-state index contributed by atoms with van der Waals surface area (Å²) < 4.78 is 19.9. The fraction of sp³-hybridized carbons (Fsp3) is 0.385. The predicted octanol–water partition coefficient (Wildman–Crippen LogP) is 2.80. The van der Waals surface area contributed by atoms with Crippen molar-refractivity contribution in [2.24, 2.45) is 0 Å². The molecule has 176 valence electrons. The van der Waals surface area contributed by atoms with Crippen LogP contribution in [0.1, 0.15) is 38.7 Å². The minimum absolute atomic E-state index is 0.0232. The number of ether oxygens (including phenoxy) is 1. The van der Waals surface area contributed by atoms with Crippen molar-refractivity contribution in [2.75, 3.05) is 37.6 Å². The highest BCUT2D eigenvalue weighted by molar-refractivity contribution is 6.12. The molecule has 0 saturated heterocycles. The van der Waals surface area contributed by atoms with Gasteiger partial charge in [-0.15, -0.1) is 0 Å². The molecule has 0 spiro atoms. The number of carbonyl (C=O) groups is 2. The van der Waals surface area contributed by atoms with Gasteiger partial charge in [0, 0.05) is 18.5 Å². The summed E-state index contributed by atoms with van der Waals surface area (Å²) in [7, 11) is 0. The van der Waals surface area contributed by atoms with E-state index in [0.29, 0.717) is 18.0 Å². The molecule has 1 heterocycles. The minimum atomic E-state index is -0.478. The highest BCUT2D eigenvalue weighted by atomic mass is 19.1. The number of rotatable bonds is 11. The van der Waals surface area contributed by atoms with Gasteiger partial charge >= 0.3 is 0 Å². The number of nitrogens with one attached hydrogen (secondary N) is 2. The first kappa shape index (κ1) is 24.5. The molecular weight excluding hydrogens is 421 g/mol. The second kappa shape index (κ2) is 12.2. The van der Waals surface area contributed by atoms with Gasteiger partial charge in [-0.05, 0) is 37.1 Å². The Morgan fingerprint density at radius 3 is 2.48 bits per heavy atom. The molecular formula is C26H33FN3O3+. The molecule has 3 rings (SSSR count). The van der Waals surface area contributed by atoms with Crippen molar-refractivity contribution in [2.45, 2.75) is 33.1 Å². The lowest BCUT2D eigenvalue weighted by molar-refractivity contribution is -0.900. The van der Waals surface area contributed by atoms with E-state index in [4.69, 9.17) is 4.74 Å². The lowest BCUT2D eigenvalue weighted by atomic mass is 10.1. The van der Waals surface area contributed by atoms with Gasteiger partial charge in [-0.1, -0.05) is 44.2 Å². The molecule has 0 radical (unpaired) electrons. The molecule has 0 saturated carbocycles. The van der Waals surface area contributed by atoms with Crippen LogP contribution in [0.25, 0.3) is 6.08 Å². The predicted molar refractivity (Wildman–Crippen MR) is 128 cm³/mol. The van der Waals surface area contributed by atoms with Gasteiger partial charge in [0.25, 0.3) is 5.91 Å². The largest absolute Gasteiger partial charge is 0.449 e. The van der Waals surface area contributed by atoms with Crippen LogP contribution in [0.4, 0.5) is 10.1 Å². The highest BCUT2D eigenvalue weighted by Gasteiger charge is 2.31. The van der Waals surface area contributed by atoms with Gasteiger partial charge in [-0.3, -0.25) is 14.5 Å². The number of halogens is 1.